The van der Waals surface area contributed by atoms with Crippen molar-refractivity contribution in [3.63, 3.8) is 0 Å². The molecule has 0 aliphatic carbocycles. The van der Waals surface area contributed by atoms with Crippen LogP contribution in [0.3, 0.4) is 0 Å². The summed E-state index contributed by atoms with van der Waals surface area (Å²) in [6, 6.07) is 14.2. The Kier molecular flexibility index (Phi) is 4.91. The van der Waals surface area contributed by atoms with Crippen LogP contribution >= 0.6 is 11.3 Å². The number of hydrogen-bond donors (Lipinski definition) is 0. The number of aromatic nitrogens is 2. The van der Waals surface area contributed by atoms with Crippen LogP contribution in [0.1, 0.15) is 36.2 Å². The first-order valence-electron chi connectivity index (χ1n) is 9.36. The van der Waals surface area contributed by atoms with E-state index in [0.29, 0.717) is 5.56 Å². The van der Waals surface area contributed by atoms with Crippen molar-refractivity contribution in [3.8, 4) is 27.8 Å². The van der Waals surface area contributed by atoms with Gasteiger partial charge in [-0.2, -0.15) is 5.26 Å². The zero-order chi connectivity index (χ0) is 18.8. The minimum Gasteiger partial charge on any atom is -0.348 e. The SMILES string of the molecule is Cc1cc(-c2sc(N3CCCCC3)nc2-c2cccc(C#N)c2)cc(C)n1. The number of hydrogen-bond acceptors (Lipinski definition) is 5. The monoisotopic (exact) mass is 374 g/mol. The first-order valence-corrected chi connectivity index (χ1v) is 10.2. The van der Waals surface area contributed by atoms with Gasteiger partial charge in [-0.3, -0.25) is 4.98 Å². The molecule has 0 radical (unpaired) electrons. The lowest BCUT2D eigenvalue weighted by Crippen LogP contribution is -2.29. The van der Waals surface area contributed by atoms with Gasteiger partial charge in [-0.15, -0.1) is 0 Å². The predicted molar refractivity (Wildman–Crippen MR) is 111 cm³/mol. The summed E-state index contributed by atoms with van der Waals surface area (Å²) in [6.07, 6.45) is 3.75. The van der Waals surface area contributed by atoms with Gasteiger partial charge in [0.15, 0.2) is 5.13 Å². The van der Waals surface area contributed by atoms with E-state index in [0.717, 1.165) is 51.3 Å². The molecule has 1 aliphatic heterocycles. The highest BCUT2D eigenvalue weighted by Gasteiger charge is 2.21. The zero-order valence-electron chi connectivity index (χ0n) is 15.7. The molecule has 5 heteroatoms. The van der Waals surface area contributed by atoms with Crippen molar-refractivity contribution in [2.45, 2.75) is 33.1 Å². The zero-order valence-corrected chi connectivity index (χ0v) is 16.5. The van der Waals surface area contributed by atoms with Crippen LogP contribution in [0.2, 0.25) is 0 Å². The molecule has 4 rings (SSSR count). The van der Waals surface area contributed by atoms with Gasteiger partial charge in [-0.25, -0.2) is 4.98 Å². The molecule has 0 unspecified atom stereocenters. The number of aryl methyl sites for hydroxylation is 2. The predicted octanol–water partition coefficient (Wildman–Crippen LogP) is 5.35. The molecule has 0 bridgehead atoms. The Balaban J connectivity index is 1.86. The summed E-state index contributed by atoms with van der Waals surface area (Å²) in [5.41, 5.74) is 5.79. The van der Waals surface area contributed by atoms with Crippen molar-refractivity contribution in [1.29, 1.82) is 5.26 Å². The lowest BCUT2D eigenvalue weighted by molar-refractivity contribution is 0.577. The maximum atomic E-state index is 9.29. The molecule has 1 aliphatic rings. The van der Waals surface area contributed by atoms with Gasteiger partial charge in [0, 0.05) is 30.0 Å². The first-order chi connectivity index (χ1) is 13.1. The molecule has 3 aromatic rings. The standard InChI is InChI=1S/C22H22N4S/c1-15-11-19(12-16(2)24-15)21-20(18-8-6-7-17(13-18)14-23)25-22(27-21)26-9-4-3-5-10-26/h6-8,11-13H,3-5,9-10H2,1-2H3. The fourth-order valence-electron chi connectivity index (χ4n) is 3.62. The Morgan fingerprint density at radius 2 is 1.70 bits per heavy atom. The van der Waals surface area contributed by atoms with Crippen LogP contribution in [-0.4, -0.2) is 23.1 Å². The Morgan fingerprint density at radius 3 is 2.41 bits per heavy atom. The highest BCUT2D eigenvalue weighted by molar-refractivity contribution is 7.19. The van der Waals surface area contributed by atoms with Crippen LogP contribution in [0.15, 0.2) is 36.4 Å². The summed E-state index contributed by atoms with van der Waals surface area (Å²) in [4.78, 5) is 13.1. The van der Waals surface area contributed by atoms with E-state index in [1.54, 1.807) is 11.3 Å². The fourth-order valence-corrected chi connectivity index (χ4v) is 4.75. The van der Waals surface area contributed by atoms with Gasteiger partial charge in [-0.05, 0) is 62.9 Å². The molecule has 0 saturated carbocycles. The minimum atomic E-state index is 0.660. The maximum Gasteiger partial charge on any atom is 0.186 e. The summed E-state index contributed by atoms with van der Waals surface area (Å²) in [6.45, 7) is 6.19. The molecule has 3 heterocycles. The third-order valence-electron chi connectivity index (χ3n) is 4.85. The lowest BCUT2D eigenvalue weighted by atomic mass is 10.0. The second kappa shape index (κ2) is 7.50. The molecule has 0 amide bonds. The Hall–Kier alpha value is -2.71. The van der Waals surface area contributed by atoms with E-state index in [-0.39, 0.29) is 0 Å². The van der Waals surface area contributed by atoms with Crippen molar-refractivity contribution in [2.75, 3.05) is 18.0 Å². The molecule has 136 valence electrons. The largest absolute Gasteiger partial charge is 0.348 e. The highest BCUT2D eigenvalue weighted by Crippen LogP contribution is 2.41. The summed E-state index contributed by atoms with van der Waals surface area (Å²) >= 11 is 1.75. The second-order valence-electron chi connectivity index (χ2n) is 7.05. The van der Waals surface area contributed by atoms with Crippen molar-refractivity contribution in [2.24, 2.45) is 0 Å². The second-order valence-corrected chi connectivity index (χ2v) is 8.03. The molecular formula is C22H22N4S. The molecule has 0 atom stereocenters. The van der Waals surface area contributed by atoms with Gasteiger partial charge < -0.3 is 4.90 Å². The molecule has 27 heavy (non-hydrogen) atoms. The fraction of sp³-hybridized carbons (Fsp3) is 0.318. The normalized spacial score (nSPS) is 14.2. The Bertz CT molecular complexity index is 989. The van der Waals surface area contributed by atoms with E-state index < -0.39 is 0 Å². The molecule has 2 aromatic heterocycles. The first kappa shape index (κ1) is 17.7. The number of rotatable bonds is 3. The van der Waals surface area contributed by atoms with E-state index in [1.807, 2.05) is 38.1 Å². The van der Waals surface area contributed by atoms with Crippen molar-refractivity contribution in [3.05, 3.63) is 53.3 Å². The number of nitrogens with zero attached hydrogens (tertiary/aromatic N) is 4. The van der Waals surface area contributed by atoms with E-state index in [9.17, 15) is 5.26 Å². The van der Waals surface area contributed by atoms with Crippen LogP contribution < -0.4 is 4.90 Å². The maximum absolute atomic E-state index is 9.29. The van der Waals surface area contributed by atoms with Crippen LogP contribution in [0.4, 0.5) is 5.13 Å². The number of nitriles is 1. The number of pyridine rings is 1. The number of piperidine rings is 1. The molecule has 0 spiro atoms. The quantitative estimate of drug-likeness (QED) is 0.620. The molecule has 1 saturated heterocycles. The third-order valence-corrected chi connectivity index (χ3v) is 6.02. The van der Waals surface area contributed by atoms with Crippen molar-refractivity contribution >= 4 is 16.5 Å². The summed E-state index contributed by atoms with van der Waals surface area (Å²) in [5.74, 6) is 0. The smallest absolute Gasteiger partial charge is 0.186 e. The average Bonchev–Trinajstić information content (AvgIpc) is 3.13. The van der Waals surface area contributed by atoms with Gasteiger partial charge >= 0.3 is 0 Å². The van der Waals surface area contributed by atoms with Gasteiger partial charge in [0.05, 0.1) is 22.2 Å². The summed E-state index contributed by atoms with van der Waals surface area (Å²) in [5, 5.41) is 10.4. The topological polar surface area (TPSA) is 52.8 Å². The molecule has 1 fully saturated rings. The van der Waals surface area contributed by atoms with Crippen molar-refractivity contribution < 1.29 is 0 Å². The van der Waals surface area contributed by atoms with Gasteiger partial charge in [0.1, 0.15) is 0 Å². The average molecular weight is 375 g/mol. The summed E-state index contributed by atoms with van der Waals surface area (Å²) < 4.78 is 0. The Morgan fingerprint density at radius 1 is 0.963 bits per heavy atom. The summed E-state index contributed by atoms with van der Waals surface area (Å²) in [7, 11) is 0. The van der Waals surface area contributed by atoms with E-state index in [1.165, 1.54) is 19.3 Å². The molecular weight excluding hydrogens is 352 g/mol. The van der Waals surface area contributed by atoms with Crippen LogP contribution in [0, 0.1) is 25.2 Å². The number of benzene rings is 1. The lowest BCUT2D eigenvalue weighted by Gasteiger charge is -2.25. The molecule has 0 N–H and O–H groups in total. The number of anilines is 1. The van der Waals surface area contributed by atoms with Gasteiger partial charge in [-0.1, -0.05) is 23.5 Å². The van der Waals surface area contributed by atoms with Crippen LogP contribution in [0.5, 0.6) is 0 Å². The third kappa shape index (κ3) is 3.72. The molecule has 4 nitrogen and oxygen atoms in total. The van der Waals surface area contributed by atoms with Gasteiger partial charge in [0.25, 0.3) is 0 Å². The molecule has 1 aromatic carbocycles. The number of thiazole rings is 1. The van der Waals surface area contributed by atoms with E-state index in [2.05, 4.69) is 28.1 Å². The minimum absolute atomic E-state index is 0.660. The van der Waals surface area contributed by atoms with Crippen LogP contribution in [-0.2, 0) is 0 Å². The van der Waals surface area contributed by atoms with E-state index in [4.69, 9.17) is 4.98 Å². The Labute approximate surface area is 164 Å². The van der Waals surface area contributed by atoms with Gasteiger partial charge in [0.2, 0.25) is 0 Å². The van der Waals surface area contributed by atoms with Crippen molar-refractivity contribution in [1.82, 2.24) is 9.97 Å². The van der Waals surface area contributed by atoms with E-state index >= 15 is 0 Å². The van der Waals surface area contributed by atoms with Crippen LogP contribution in [0.25, 0.3) is 21.7 Å². The highest BCUT2D eigenvalue weighted by atomic mass is 32.1.